The van der Waals surface area contributed by atoms with Crippen LogP contribution < -0.4 is 10.6 Å². The molecule has 0 saturated carbocycles. The fraction of sp³-hybridized carbons (Fsp3) is 0.571. The van der Waals surface area contributed by atoms with Gasteiger partial charge < -0.3 is 15.1 Å². The van der Waals surface area contributed by atoms with Crippen molar-refractivity contribution in [3.8, 4) is 0 Å². The summed E-state index contributed by atoms with van der Waals surface area (Å²) in [4.78, 5) is 18.4. The third-order valence-electron chi connectivity index (χ3n) is 5.43. The summed E-state index contributed by atoms with van der Waals surface area (Å²) in [6, 6.07) is 0. The van der Waals surface area contributed by atoms with Gasteiger partial charge in [0.25, 0.3) is 0 Å². The van der Waals surface area contributed by atoms with Crippen LogP contribution >= 0.6 is 0 Å². The highest BCUT2D eigenvalue weighted by Gasteiger charge is 2.25. The average molecular weight is 372 g/mol. The van der Waals surface area contributed by atoms with Gasteiger partial charge >= 0.3 is 0 Å². The van der Waals surface area contributed by atoms with Crippen molar-refractivity contribution in [2.75, 3.05) is 33.2 Å². The van der Waals surface area contributed by atoms with Crippen LogP contribution in [-0.4, -0.2) is 60.0 Å². The van der Waals surface area contributed by atoms with Crippen LogP contribution in [0.25, 0.3) is 0 Å². The number of rotatable bonds is 6. The van der Waals surface area contributed by atoms with E-state index in [0.29, 0.717) is 0 Å². The minimum absolute atomic E-state index is 0.0346. The monoisotopic (exact) mass is 371 g/mol. The smallest absolute Gasteiger partial charge is 0.224 e. The van der Waals surface area contributed by atoms with Crippen molar-refractivity contribution < 1.29 is 4.79 Å². The van der Waals surface area contributed by atoms with E-state index in [0.717, 1.165) is 25.2 Å². The van der Waals surface area contributed by atoms with Gasteiger partial charge in [-0.3, -0.25) is 15.0 Å². The van der Waals surface area contributed by atoms with Crippen LogP contribution in [0.15, 0.2) is 47.2 Å². The highest BCUT2D eigenvalue weighted by atomic mass is 16.2. The van der Waals surface area contributed by atoms with Crippen molar-refractivity contribution in [3.05, 3.63) is 47.2 Å². The molecule has 3 aliphatic heterocycles. The van der Waals surface area contributed by atoms with E-state index >= 15 is 0 Å². The molecule has 0 aromatic rings. The van der Waals surface area contributed by atoms with Gasteiger partial charge in [-0.2, -0.15) is 0 Å². The molecule has 0 bridgehead atoms. The Hall–Kier alpha value is -2.21. The van der Waals surface area contributed by atoms with Crippen LogP contribution in [0.5, 0.6) is 0 Å². The summed E-state index contributed by atoms with van der Waals surface area (Å²) in [6.45, 7) is 10.1. The molecular weight excluding hydrogens is 338 g/mol. The molecule has 3 rings (SSSR count). The standard InChI is InChI=1S/C21H33N5O/c1-5-9-26(18-8-12-25(17(3)27)20(14-18)22-4)21-16(2)13-19(15-23-21)24-10-6-7-11-24/h8,12-14,20,22-23H,5-7,9-11,15H2,1-4H3. The Morgan fingerprint density at radius 3 is 2.70 bits per heavy atom. The SMILES string of the molecule is CCCN(C1=CC(NC)N(C(C)=O)C=C1)C1=C(C)C=C(N2CCCC2)CN1. The molecule has 6 nitrogen and oxygen atoms in total. The zero-order valence-corrected chi connectivity index (χ0v) is 17.1. The van der Waals surface area contributed by atoms with Gasteiger partial charge in [0.05, 0.1) is 6.54 Å². The van der Waals surface area contributed by atoms with Gasteiger partial charge in [-0.25, -0.2) is 0 Å². The first-order valence-electron chi connectivity index (χ1n) is 10.1. The molecule has 1 atom stereocenters. The Morgan fingerprint density at radius 2 is 2.11 bits per heavy atom. The van der Waals surface area contributed by atoms with E-state index in [9.17, 15) is 4.79 Å². The predicted molar refractivity (Wildman–Crippen MR) is 109 cm³/mol. The molecule has 2 N–H and O–H groups in total. The van der Waals surface area contributed by atoms with E-state index in [1.807, 2.05) is 19.3 Å². The molecule has 3 heterocycles. The summed E-state index contributed by atoms with van der Waals surface area (Å²) in [6.07, 6.45) is 11.9. The lowest BCUT2D eigenvalue weighted by molar-refractivity contribution is -0.127. The molecule has 1 saturated heterocycles. The number of amides is 1. The topological polar surface area (TPSA) is 50.9 Å². The first-order valence-corrected chi connectivity index (χ1v) is 10.1. The number of dihydropyridines is 1. The van der Waals surface area contributed by atoms with Crippen molar-refractivity contribution in [3.63, 3.8) is 0 Å². The maximum atomic E-state index is 11.8. The maximum Gasteiger partial charge on any atom is 0.224 e. The van der Waals surface area contributed by atoms with Crippen LogP contribution in [0.2, 0.25) is 0 Å². The molecule has 0 spiro atoms. The minimum atomic E-state index is -0.123. The normalized spacial score (nSPS) is 22.6. The third-order valence-corrected chi connectivity index (χ3v) is 5.43. The van der Waals surface area contributed by atoms with Gasteiger partial charge in [0, 0.05) is 44.2 Å². The summed E-state index contributed by atoms with van der Waals surface area (Å²) >= 11 is 0. The second kappa shape index (κ2) is 8.65. The van der Waals surface area contributed by atoms with E-state index in [2.05, 4.69) is 46.4 Å². The van der Waals surface area contributed by atoms with Crippen LogP contribution in [0, 0.1) is 0 Å². The van der Waals surface area contributed by atoms with E-state index in [4.69, 9.17) is 0 Å². The molecule has 0 aliphatic carbocycles. The number of hydrogen-bond acceptors (Lipinski definition) is 5. The Kier molecular flexibility index (Phi) is 6.26. The first kappa shape index (κ1) is 19.5. The number of allylic oxidation sites excluding steroid dienone is 3. The second-order valence-corrected chi connectivity index (χ2v) is 7.43. The van der Waals surface area contributed by atoms with Gasteiger partial charge in [0.2, 0.25) is 5.91 Å². The van der Waals surface area contributed by atoms with Crippen molar-refractivity contribution in [1.82, 2.24) is 25.3 Å². The van der Waals surface area contributed by atoms with Crippen molar-refractivity contribution in [2.24, 2.45) is 0 Å². The van der Waals surface area contributed by atoms with E-state index in [1.54, 1.807) is 11.8 Å². The zero-order chi connectivity index (χ0) is 19.4. The summed E-state index contributed by atoms with van der Waals surface area (Å²) in [5, 5.41) is 6.88. The summed E-state index contributed by atoms with van der Waals surface area (Å²) in [5.74, 6) is 1.20. The quantitative estimate of drug-likeness (QED) is 0.750. The Bertz CT molecular complexity index is 685. The minimum Gasteiger partial charge on any atom is -0.373 e. The number of likely N-dealkylation sites (tertiary alicyclic amines) is 1. The molecule has 27 heavy (non-hydrogen) atoms. The molecule has 1 amide bonds. The number of nitrogens with zero attached hydrogens (tertiary/aromatic N) is 3. The highest BCUT2D eigenvalue weighted by molar-refractivity contribution is 5.75. The van der Waals surface area contributed by atoms with Crippen LogP contribution in [0.1, 0.15) is 40.0 Å². The number of likely N-dealkylation sites (N-methyl/N-ethyl adjacent to an activating group) is 1. The van der Waals surface area contributed by atoms with Gasteiger partial charge in [-0.05, 0) is 57.0 Å². The third kappa shape index (κ3) is 4.21. The van der Waals surface area contributed by atoms with Crippen LogP contribution in [-0.2, 0) is 4.79 Å². The highest BCUT2D eigenvalue weighted by Crippen LogP contribution is 2.26. The molecule has 3 aliphatic rings. The molecule has 0 aromatic heterocycles. The molecule has 0 aromatic carbocycles. The Labute approximate surface area is 163 Å². The van der Waals surface area contributed by atoms with Gasteiger partial charge in [0.1, 0.15) is 12.0 Å². The lowest BCUT2D eigenvalue weighted by Crippen LogP contribution is -2.45. The van der Waals surface area contributed by atoms with Crippen LogP contribution in [0.4, 0.5) is 0 Å². The van der Waals surface area contributed by atoms with Crippen molar-refractivity contribution >= 4 is 5.91 Å². The molecular formula is C21H33N5O. The van der Waals surface area contributed by atoms with Crippen molar-refractivity contribution in [2.45, 2.75) is 46.2 Å². The largest absolute Gasteiger partial charge is 0.373 e. The summed E-state index contributed by atoms with van der Waals surface area (Å²) in [7, 11) is 1.88. The first-order chi connectivity index (χ1) is 13.0. The van der Waals surface area contributed by atoms with E-state index < -0.39 is 0 Å². The Balaban J connectivity index is 1.86. The number of carbonyl (C=O) groups excluding carboxylic acids is 1. The van der Waals surface area contributed by atoms with Crippen molar-refractivity contribution in [1.29, 1.82) is 0 Å². The van der Waals surface area contributed by atoms with Gasteiger partial charge in [-0.1, -0.05) is 6.92 Å². The molecule has 1 unspecified atom stereocenters. The number of carbonyl (C=O) groups is 1. The molecule has 6 heteroatoms. The Morgan fingerprint density at radius 1 is 1.37 bits per heavy atom. The fourth-order valence-electron chi connectivity index (χ4n) is 4.04. The molecule has 0 radical (unpaired) electrons. The average Bonchev–Trinajstić information content (AvgIpc) is 3.20. The predicted octanol–water partition coefficient (Wildman–Crippen LogP) is 2.32. The van der Waals surface area contributed by atoms with Gasteiger partial charge in [0.15, 0.2) is 0 Å². The lowest BCUT2D eigenvalue weighted by atomic mass is 10.1. The van der Waals surface area contributed by atoms with E-state index in [1.165, 1.54) is 43.0 Å². The van der Waals surface area contributed by atoms with Crippen LogP contribution in [0.3, 0.4) is 0 Å². The zero-order valence-electron chi connectivity index (χ0n) is 17.1. The van der Waals surface area contributed by atoms with E-state index in [-0.39, 0.29) is 12.1 Å². The number of hydrogen-bond donors (Lipinski definition) is 2. The maximum absolute atomic E-state index is 11.8. The fourth-order valence-corrected chi connectivity index (χ4v) is 4.04. The molecule has 1 fully saturated rings. The lowest BCUT2D eigenvalue weighted by Gasteiger charge is -2.37. The summed E-state index contributed by atoms with van der Waals surface area (Å²) in [5.41, 5.74) is 3.78. The number of nitrogens with one attached hydrogen (secondary N) is 2. The second-order valence-electron chi connectivity index (χ2n) is 7.43. The van der Waals surface area contributed by atoms with Gasteiger partial charge in [-0.15, -0.1) is 0 Å². The molecule has 148 valence electrons. The summed E-state index contributed by atoms with van der Waals surface area (Å²) < 4.78 is 0.